The minimum absolute atomic E-state index is 0.154. The minimum Gasteiger partial charge on any atom is -0.350 e. The van der Waals surface area contributed by atoms with Gasteiger partial charge in [0.25, 0.3) is 5.91 Å². The topological polar surface area (TPSA) is 85.1 Å². The van der Waals surface area contributed by atoms with Crippen LogP contribution in [0.3, 0.4) is 0 Å². The lowest BCUT2D eigenvalue weighted by atomic mass is 10.3. The Morgan fingerprint density at radius 2 is 2.16 bits per heavy atom. The van der Waals surface area contributed by atoms with Crippen molar-refractivity contribution < 1.29 is 4.79 Å². The van der Waals surface area contributed by atoms with E-state index in [9.17, 15) is 4.79 Å². The van der Waals surface area contributed by atoms with E-state index in [2.05, 4.69) is 25.4 Å². The van der Waals surface area contributed by atoms with Crippen LogP contribution >= 0.6 is 11.3 Å². The van der Waals surface area contributed by atoms with Crippen molar-refractivity contribution in [3.63, 3.8) is 0 Å². The van der Waals surface area contributed by atoms with Crippen LogP contribution < -0.4 is 5.32 Å². The second-order valence-electron chi connectivity index (χ2n) is 5.32. The van der Waals surface area contributed by atoms with Gasteiger partial charge in [-0.25, -0.2) is 9.50 Å². The van der Waals surface area contributed by atoms with Crippen molar-refractivity contribution in [2.24, 2.45) is 0 Å². The first-order valence-corrected chi connectivity index (χ1v) is 8.61. The lowest BCUT2D eigenvalue weighted by molar-refractivity contribution is 0.0946. The number of amides is 1. The molecule has 0 aliphatic carbocycles. The summed E-state index contributed by atoms with van der Waals surface area (Å²) in [7, 11) is 0. The number of hydrogen-bond donors (Lipinski definition) is 1. The number of carbonyl (C=O) groups excluding carboxylic acids is 1. The van der Waals surface area contributed by atoms with E-state index >= 15 is 0 Å². The summed E-state index contributed by atoms with van der Waals surface area (Å²) in [6.07, 6.45) is 7.29. The Kier molecular flexibility index (Phi) is 4.17. The van der Waals surface area contributed by atoms with Crippen molar-refractivity contribution >= 4 is 22.8 Å². The van der Waals surface area contributed by atoms with Crippen LogP contribution in [-0.4, -0.2) is 37.0 Å². The Labute approximate surface area is 147 Å². The summed E-state index contributed by atoms with van der Waals surface area (Å²) in [6.45, 7) is 0.500. The summed E-state index contributed by atoms with van der Waals surface area (Å²) >= 11 is 1.52. The number of nitrogens with one attached hydrogen (secondary N) is 1. The van der Waals surface area contributed by atoms with E-state index in [1.54, 1.807) is 35.4 Å². The van der Waals surface area contributed by atoms with Crippen molar-refractivity contribution in [3.05, 3.63) is 65.8 Å². The van der Waals surface area contributed by atoms with Gasteiger partial charge < -0.3 is 5.32 Å². The molecule has 0 unspecified atom stereocenters. The third kappa shape index (κ3) is 3.24. The number of thiazole rings is 1. The highest BCUT2D eigenvalue weighted by Crippen LogP contribution is 2.20. The predicted molar refractivity (Wildman–Crippen MR) is 94.4 cm³/mol. The maximum Gasteiger partial charge on any atom is 0.269 e. The maximum absolute atomic E-state index is 12.4. The fourth-order valence-electron chi connectivity index (χ4n) is 2.47. The smallest absolute Gasteiger partial charge is 0.269 e. The largest absolute Gasteiger partial charge is 0.350 e. The molecule has 0 bridgehead atoms. The molecule has 0 aliphatic heterocycles. The van der Waals surface area contributed by atoms with Gasteiger partial charge in [-0.3, -0.25) is 14.8 Å². The highest BCUT2D eigenvalue weighted by Gasteiger charge is 2.11. The molecule has 4 aromatic heterocycles. The zero-order valence-electron chi connectivity index (χ0n) is 13.2. The molecule has 124 valence electrons. The average molecular weight is 350 g/mol. The first kappa shape index (κ1) is 15.4. The van der Waals surface area contributed by atoms with Gasteiger partial charge in [-0.15, -0.1) is 11.3 Å². The molecule has 0 saturated carbocycles. The van der Waals surface area contributed by atoms with Gasteiger partial charge in [0.1, 0.15) is 16.4 Å². The van der Waals surface area contributed by atoms with Crippen LogP contribution in [0.1, 0.15) is 16.2 Å². The first-order chi connectivity index (χ1) is 12.3. The molecule has 0 aromatic carbocycles. The Morgan fingerprint density at radius 1 is 1.20 bits per heavy atom. The number of carbonyl (C=O) groups is 1. The molecular weight excluding hydrogens is 336 g/mol. The van der Waals surface area contributed by atoms with Crippen LogP contribution in [0, 0.1) is 0 Å². The molecule has 0 fully saturated rings. The number of rotatable bonds is 5. The molecule has 0 saturated heterocycles. The molecule has 1 N–H and O–H groups in total. The standard InChI is InChI=1S/C17H14N6OS/c24-16(15-3-1-2-13-5-7-21-23(13)15)20-6-4-12-11-25-17(22-12)14-10-18-8-9-19-14/h1-3,5,7-11H,4,6H2,(H,20,24). The molecular formula is C17H14N6OS. The van der Waals surface area contributed by atoms with E-state index in [1.807, 2.05) is 23.6 Å². The molecule has 25 heavy (non-hydrogen) atoms. The molecule has 1 amide bonds. The van der Waals surface area contributed by atoms with E-state index in [0.717, 1.165) is 21.9 Å². The van der Waals surface area contributed by atoms with Crippen LogP contribution in [0.15, 0.2) is 54.4 Å². The molecule has 4 rings (SSSR count). The fourth-order valence-corrected chi connectivity index (χ4v) is 3.28. The molecule has 0 atom stereocenters. The van der Waals surface area contributed by atoms with E-state index in [-0.39, 0.29) is 5.91 Å². The minimum atomic E-state index is -0.154. The molecule has 7 nitrogen and oxygen atoms in total. The van der Waals surface area contributed by atoms with Crippen LogP contribution in [0.25, 0.3) is 16.2 Å². The Balaban J connectivity index is 1.39. The third-order valence-corrected chi connectivity index (χ3v) is 4.57. The fraction of sp³-hybridized carbons (Fsp3) is 0.118. The summed E-state index contributed by atoms with van der Waals surface area (Å²) in [4.78, 5) is 25.2. The first-order valence-electron chi connectivity index (χ1n) is 7.73. The van der Waals surface area contributed by atoms with Crippen molar-refractivity contribution in [3.8, 4) is 10.7 Å². The molecule has 0 spiro atoms. The number of nitrogens with zero attached hydrogens (tertiary/aromatic N) is 5. The average Bonchev–Trinajstić information content (AvgIpc) is 3.31. The third-order valence-electron chi connectivity index (χ3n) is 3.65. The molecule has 4 heterocycles. The van der Waals surface area contributed by atoms with Crippen molar-refractivity contribution in [2.45, 2.75) is 6.42 Å². The van der Waals surface area contributed by atoms with Crippen molar-refractivity contribution in [1.29, 1.82) is 0 Å². The number of aromatic nitrogens is 5. The second-order valence-corrected chi connectivity index (χ2v) is 6.18. The molecule has 8 heteroatoms. The van der Waals surface area contributed by atoms with Gasteiger partial charge in [-0.1, -0.05) is 6.07 Å². The van der Waals surface area contributed by atoms with Crippen molar-refractivity contribution in [1.82, 2.24) is 29.9 Å². The van der Waals surface area contributed by atoms with Crippen LogP contribution in [0.4, 0.5) is 0 Å². The Morgan fingerprint density at radius 3 is 3.04 bits per heavy atom. The normalized spacial score (nSPS) is 10.9. The summed E-state index contributed by atoms with van der Waals surface area (Å²) in [5.41, 5.74) is 3.08. The van der Waals surface area contributed by atoms with E-state index < -0.39 is 0 Å². The SMILES string of the molecule is O=C(NCCc1csc(-c2cnccn2)n1)c1cccc2ccnn12. The monoisotopic (exact) mass is 350 g/mol. The summed E-state index contributed by atoms with van der Waals surface area (Å²) in [5.74, 6) is -0.154. The van der Waals surface area contributed by atoms with Crippen LogP contribution in [0.5, 0.6) is 0 Å². The van der Waals surface area contributed by atoms with Gasteiger partial charge in [0, 0.05) is 30.7 Å². The summed E-state index contributed by atoms with van der Waals surface area (Å²) < 4.78 is 1.63. The Hall–Kier alpha value is -3.13. The zero-order valence-corrected chi connectivity index (χ0v) is 14.0. The summed E-state index contributed by atoms with van der Waals surface area (Å²) in [6, 6.07) is 7.37. The van der Waals surface area contributed by atoms with Crippen molar-refractivity contribution in [2.75, 3.05) is 6.54 Å². The van der Waals surface area contributed by atoms with Gasteiger partial charge >= 0.3 is 0 Å². The van der Waals surface area contributed by atoms with Crippen LogP contribution in [0.2, 0.25) is 0 Å². The van der Waals surface area contributed by atoms with E-state index in [0.29, 0.717) is 18.7 Å². The predicted octanol–water partition coefficient (Wildman–Crippen LogP) is 2.22. The summed E-state index contributed by atoms with van der Waals surface area (Å²) in [5, 5.41) is 9.90. The van der Waals surface area contributed by atoms with E-state index in [1.165, 1.54) is 11.3 Å². The number of fused-ring (bicyclic) bond motifs is 1. The Bertz CT molecular complexity index is 1010. The molecule has 0 radical (unpaired) electrons. The lowest BCUT2D eigenvalue weighted by Gasteiger charge is -2.06. The van der Waals surface area contributed by atoms with Gasteiger partial charge in [-0.2, -0.15) is 5.10 Å². The number of hydrogen-bond acceptors (Lipinski definition) is 6. The lowest BCUT2D eigenvalue weighted by Crippen LogP contribution is -2.27. The van der Waals surface area contributed by atoms with Crippen LogP contribution in [-0.2, 0) is 6.42 Å². The second kappa shape index (κ2) is 6.78. The zero-order chi connectivity index (χ0) is 17.1. The van der Waals surface area contributed by atoms with E-state index in [4.69, 9.17) is 0 Å². The maximum atomic E-state index is 12.4. The van der Waals surface area contributed by atoms with Gasteiger partial charge in [0.05, 0.1) is 23.6 Å². The van der Waals surface area contributed by atoms with Gasteiger partial charge in [0.2, 0.25) is 0 Å². The highest BCUT2D eigenvalue weighted by atomic mass is 32.1. The van der Waals surface area contributed by atoms with Gasteiger partial charge in [0.15, 0.2) is 0 Å². The highest BCUT2D eigenvalue weighted by molar-refractivity contribution is 7.13. The molecule has 4 aromatic rings. The number of pyridine rings is 1. The van der Waals surface area contributed by atoms with Gasteiger partial charge in [-0.05, 0) is 18.2 Å². The quantitative estimate of drug-likeness (QED) is 0.596. The molecule has 0 aliphatic rings.